The van der Waals surface area contributed by atoms with Gasteiger partial charge in [-0.3, -0.25) is 0 Å². The second kappa shape index (κ2) is 6.49. The highest BCUT2D eigenvalue weighted by atomic mass is 16.3. The molecule has 2 nitrogen and oxygen atoms in total. The maximum absolute atomic E-state index is 9.75. The van der Waals surface area contributed by atoms with Gasteiger partial charge in [-0.25, -0.2) is 0 Å². The van der Waals surface area contributed by atoms with Crippen molar-refractivity contribution >= 4 is 0 Å². The lowest BCUT2D eigenvalue weighted by atomic mass is 9.83. The summed E-state index contributed by atoms with van der Waals surface area (Å²) in [6.45, 7) is 7.19. The summed E-state index contributed by atoms with van der Waals surface area (Å²) >= 11 is 0. The van der Waals surface area contributed by atoms with Gasteiger partial charge < -0.3 is 10.4 Å². The van der Waals surface area contributed by atoms with Crippen LogP contribution < -0.4 is 5.32 Å². The van der Waals surface area contributed by atoms with Crippen LogP contribution in [0.2, 0.25) is 0 Å². The molecule has 0 bridgehead atoms. The van der Waals surface area contributed by atoms with E-state index >= 15 is 0 Å². The fourth-order valence-corrected chi connectivity index (χ4v) is 2.47. The van der Waals surface area contributed by atoms with Crippen molar-refractivity contribution in [3.05, 3.63) is 0 Å². The molecule has 1 aliphatic carbocycles. The van der Waals surface area contributed by atoms with E-state index < -0.39 is 0 Å². The van der Waals surface area contributed by atoms with Gasteiger partial charge in [-0.15, -0.1) is 0 Å². The average molecular weight is 213 g/mol. The molecule has 0 aliphatic heterocycles. The largest absolute Gasteiger partial charge is 0.392 e. The van der Waals surface area contributed by atoms with Crippen molar-refractivity contribution in [3.8, 4) is 0 Å². The number of hydrogen-bond acceptors (Lipinski definition) is 2. The van der Waals surface area contributed by atoms with E-state index in [2.05, 4.69) is 26.1 Å². The van der Waals surface area contributed by atoms with Crippen molar-refractivity contribution in [2.75, 3.05) is 6.54 Å². The third-order valence-corrected chi connectivity index (χ3v) is 3.79. The maximum Gasteiger partial charge on any atom is 0.0687 e. The zero-order valence-electron chi connectivity index (χ0n) is 10.5. The van der Waals surface area contributed by atoms with E-state index in [1.165, 1.54) is 32.1 Å². The fraction of sp³-hybridized carbons (Fsp3) is 1.00. The molecule has 0 amide bonds. The third kappa shape index (κ3) is 4.12. The van der Waals surface area contributed by atoms with E-state index in [9.17, 15) is 5.11 Å². The van der Waals surface area contributed by atoms with Gasteiger partial charge in [-0.05, 0) is 24.7 Å². The molecule has 2 heteroatoms. The molecule has 3 atom stereocenters. The Hall–Kier alpha value is -0.0800. The first-order valence-electron chi connectivity index (χ1n) is 6.56. The summed E-state index contributed by atoms with van der Waals surface area (Å²) in [6.07, 6.45) is 6.49. The van der Waals surface area contributed by atoms with E-state index in [0.29, 0.717) is 12.0 Å². The Bertz CT molecular complexity index is 170. The second-order valence-electron chi connectivity index (χ2n) is 5.28. The summed E-state index contributed by atoms with van der Waals surface area (Å²) in [6, 6.07) is 0.650. The van der Waals surface area contributed by atoms with Crippen LogP contribution in [0, 0.1) is 11.8 Å². The van der Waals surface area contributed by atoms with Crippen molar-refractivity contribution in [3.63, 3.8) is 0 Å². The monoisotopic (exact) mass is 213 g/mol. The lowest BCUT2D eigenvalue weighted by Gasteiger charge is -2.32. The SMILES string of the molecule is CCC1CCCCC1NCC(O)C(C)C. The van der Waals surface area contributed by atoms with E-state index in [1.807, 2.05) is 0 Å². The molecule has 0 aromatic carbocycles. The number of hydrogen-bond donors (Lipinski definition) is 2. The van der Waals surface area contributed by atoms with Crippen molar-refractivity contribution in [2.24, 2.45) is 11.8 Å². The van der Waals surface area contributed by atoms with Crippen LogP contribution in [0.1, 0.15) is 52.9 Å². The van der Waals surface area contributed by atoms with E-state index in [4.69, 9.17) is 0 Å². The molecule has 0 aromatic rings. The lowest BCUT2D eigenvalue weighted by Crippen LogP contribution is -2.43. The predicted octanol–water partition coefficient (Wildman–Crippen LogP) is 2.56. The summed E-state index contributed by atoms with van der Waals surface area (Å²) in [4.78, 5) is 0. The molecule has 1 fully saturated rings. The van der Waals surface area contributed by atoms with Crippen LogP contribution in [0.4, 0.5) is 0 Å². The minimum Gasteiger partial charge on any atom is -0.392 e. The highest BCUT2D eigenvalue weighted by Crippen LogP contribution is 2.26. The van der Waals surface area contributed by atoms with E-state index in [-0.39, 0.29) is 6.10 Å². The van der Waals surface area contributed by atoms with Crippen LogP contribution in [0.15, 0.2) is 0 Å². The first-order valence-corrected chi connectivity index (χ1v) is 6.56. The molecular weight excluding hydrogens is 186 g/mol. The van der Waals surface area contributed by atoms with Crippen molar-refractivity contribution < 1.29 is 5.11 Å². The van der Waals surface area contributed by atoms with Crippen molar-refractivity contribution in [2.45, 2.75) is 65.0 Å². The molecule has 1 aliphatic rings. The number of rotatable bonds is 5. The number of aliphatic hydroxyl groups is 1. The van der Waals surface area contributed by atoms with Crippen LogP contribution in [0.5, 0.6) is 0 Å². The Morgan fingerprint density at radius 1 is 1.27 bits per heavy atom. The Morgan fingerprint density at radius 2 is 1.93 bits per heavy atom. The Labute approximate surface area is 94.5 Å². The second-order valence-corrected chi connectivity index (χ2v) is 5.28. The zero-order valence-corrected chi connectivity index (χ0v) is 10.5. The molecule has 1 rings (SSSR count). The minimum absolute atomic E-state index is 0.190. The standard InChI is InChI=1S/C13H27NO/c1-4-11-7-5-6-8-12(11)14-9-13(15)10(2)3/h10-15H,4-9H2,1-3H3. The Kier molecular flexibility index (Phi) is 5.62. The molecular formula is C13H27NO. The fourth-order valence-electron chi connectivity index (χ4n) is 2.47. The quantitative estimate of drug-likeness (QED) is 0.735. The maximum atomic E-state index is 9.75. The highest BCUT2D eigenvalue weighted by Gasteiger charge is 2.23. The first-order chi connectivity index (χ1) is 7.15. The molecule has 15 heavy (non-hydrogen) atoms. The van der Waals surface area contributed by atoms with Crippen molar-refractivity contribution in [1.29, 1.82) is 0 Å². The molecule has 0 spiro atoms. The Morgan fingerprint density at radius 3 is 2.53 bits per heavy atom. The minimum atomic E-state index is -0.190. The van der Waals surface area contributed by atoms with Crippen LogP contribution in [-0.4, -0.2) is 23.8 Å². The predicted molar refractivity (Wildman–Crippen MR) is 64.9 cm³/mol. The number of aliphatic hydroxyl groups excluding tert-OH is 1. The van der Waals surface area contributed by atoms with E-state index in [1.54, 1.807) is 0 Å². The van der Waals surface area contributed by atoms with Gasteiger partial charge in [-0.1, -0.05) is 40.0 Å². The lowest BCUT2D eigenvalue weighted by molar-refractivity contribution is 0.111. The van der Waals surface area contributed by atoms with Crippen molar-refractivity contribution in [1.82, 2.24) is 5.32 Å². The molecule has 0 heterocycles. The smallest absolute Gasteiger partial charge is 0.0687 e. The summed E-state index contributed by atoms with van der Waals surface area (Å²) < 4.78 is 0. The molecule has 0 aromatic heterocycles. The van der Waals surface area contributed by atoms with Crippen LogP contribution >= 0.6 is 0 Å². The summed E-state index contributed by atoms with van der Waals surface area (Å²) in [7, 11) is 0. The van der Waals surface area contributed by atoms with Gasteiger partial charge >= 0.3 is 0 Å². The van der Waals surface area contributed by atoms with Crippen LogP contribution in [0.25, 0.3) is 0 Å². The summed E-state index contributed by atoms with van der Waals surface area (Å²) in [5, 5.41) is 13.3. The third-order valence-electron chi connectivity index (χ3n) is 3.79. The summed E-state index contributed by atoms with van der Waals surface area (Å²) in [5.74, 6) is 1.19. The van der Waals surface area contributed by atoms with Crippen LogP contribution in [-0.2, 0) is 0 Å². The molecule has 0 saturated heterocycles. The van der Waals surface area contributed by atoms with Gasteiger partial charge in [-0.2, -0.15) is 0 Å². The van der Waals surface area contributed by atoms with Gasteiger partial charge in [0.2, 0.25) is 0 Å². The molecule has 90 valence electrons. The van der Waals surface area contributed by atoms with Gasteiger partial charge in [0.1, 0.15) is 0 Å². The van der Waals surface area contributed by atoms with Gasteiger partial charge in [0.15, 0.2) is 0 Å². The highest BCUT2D eigenvalue weighted by molar-refractivity contribution is 4.81. The molecule has 3 unspecified atom stereocenters. The molecule has 2 N–H and O–H groups in total. The Balaban J connectivity index is 2.29. The number of nitrogens with one attached hydrogen (secondary N) is 1. The average Bonchev–Trinajstić information content (AvgIpc) is 2.26. The van der Waals surface area contributed by atoms with Crippen LogP contribution in [0.3, 0.4) is 0 Å². The summed E-state index contributed by atoms with van der Waals surface area (Å²) in [5.41, 5.74) is 0. The molecule has 0 radical (unpaired) electrons. The topological polar surface area (TPSA) is 32.3 Å². The first kappa shape index (κ1) is 13.0. The van der Waals surface area contributed by atoms with E-state index in [0.717, 1.165) is 12.5 Å². The van der Waals surface area contributed by atoms with Gasteiger partial charge in [0.05, 0.1) is 6.10 Å². The zero-order chi connectivity index (χ0) is 11.3. The van der Waals surface area contributed by atoms with Gasteiger partial charge in [0.25, 0.3) is 0 Å². The normalized spacial score (nSPS) is 29.4. The van der Waals surface area contributed by atoms with Gasteiger partial charge in [0, 0.05) is 12.6 Å². The molecule has 1 saturated carbocycles.